The van der Waals surface area contributed by atoms with Crippen LogP contribution in [0.5, 0.6) is 0 Å². The molecule has 2 N–H and O–H groups in total. The zero-order valence-electron chi connectivity index (χ0n) is 11.7. The molecule has 1 unspecified atom stereocenters. The van der Waals surface area contributed by atoms with E-state index in [-0.39, 0.29) is 5.82 Å². The lowest BCUT2D eigenvalue weighted by Gasteiger charge is -2.24. The molecular formula is C15H25FN2. The van der Waals surface area contributed by atoms with Gasteiger partial charge in [-0.2, -0.15) is 0 Å². The van der Waals surface area contributed by atoms with Crippen LogP contribution in [-0.2, 0) is 13.1 Å². The van der Waals surface area contributed by atoms with Gasteiger partial charge < -0.3 is 5.73 Å². The van der Waals surface area contributed by atoms with Crippen molar-refractivity contribution in [1.82, 2.24) is 4.90 Å². The first kappa shape index (κ1) is 15.1. The van der Waals surface area contributed by atoms with Crippen molar-refractivity contribution in [2.45, 2.75) is 40.3 Å². The Morgan fingerprint density at radius 2 is 2.00 bits per heavy atom. The maximum absolute atomic E-state index is 13.3. The summed E-state index contributed by atoms with van der Waals surface area (Å²) in [5.74, 6) is 0.488. The topological polar surface area (TPSA) is 29.3 Å². The molecule has 1 rings (SSSR count). The van der Waals surface area contributed by atoms with Crippen molar-refractivity contribution in [3.63, 3.8) is 0 Å². The van der Waals surface area contributed by atoms with Crippen LogP contribution >= 0.6 is 0 Å². The summed E-state index contributed by atoms with van der Waals surface area (Å²) >= 11 is 0. The van der Waals surface area contributed by atoms with Gasteiger partial charge in [-0.1, -0.05) is 33.3 Å². The molecule has 0 heterocycles. The molecule has 0 saturated carbocycles. The van der Waals surface area contributed by atoms with Crippen LogP contribution in [0.1, 0.15) is 38.3 Å². The smallest absolute Gasteiger partial charge is 0.123 e. The number of hydrogen-bond donors (Lipinski definition) is 1. The minimum Gasteiger partial charge on any atom is -0.326 e. The molecule has 1 aromatic carbocycles. The van der Waals surface area contributed by atoms with E-state index in [1.165, 1.54) is 12.5 Å². The van der Waals surface area contributed by atoms with Crippen molar-refractivity contribution in [1.29, 1.82) is 0 Å². The van der Waals surface area contributed by atoms with Crippen LogP contribution in [0.25, 0.3) is 0 Å². The standard InChI is InChI=1S/C15H25FN2/c1-4-12(3)10-18(5-2)11-14-8-15(16)7-6-13(14)9-17/h6-8,12H,4-5,9-11,17H2,1-3H3. The average molecular weight is 252 g/mol. The van der Waals surface area contributed by atoms with Gasteiger partial charge in [-0.25, -0.2) is 4.39 Å². The third kappa shape index (κ3) is 4.39. The largest absolute Gasteiger partial charge is 0.326 e. The molecule has 0 aliphatic heterocycles. The molecule has 0 aromatic heterocycles. The van der Waals surface area contributed by atoms with Crippen LogP contribution in [0.15, 0.2) is 18.2 Å². The summed E-state index contributed by atoms with van der Waals surface area (Å²) < 4.78 is 13.3. The number of rotatable bonds is 7. The monoisotopic (exact) mass is 252 g/mol. The Labute approximate surface area is 110 Å². The lowest BCUT2D eigenvalue weighted by Crippen LogP contribution is -2.28. The Morgan fingerprint density at radius 1 is 1.28 bits per heavy atom. The molecule has 0 spiro atoms. The Kier molecular flexibility index (Phi) is 6.30. The summed E-state index contributed by atoms with van der Waals surface area (Å²) in [4.78, 5) is 2.35. The second-order valence-electron chi connectivity index (χ2n) is 4.96. The summed E-state index contributed by atoms with van der Waals surface area (Å²) in [5.41, 5.74) is 7.76. The van der Waals surface area contributed by atoms with Crippen LogP contribution in [0.4, 0.5) is 4.39 Å². The van der Waals surface area contributed by atoms with Crippen molar-refractivity contribution in [2.75, 3.05) is 13.1 Å². The SMILES string of the molecule is CCC(C)CN(CC)Cc1cc(F)ccc1CN. The Balaban J connectivity index is 2.77. The van der Waals surface area contributed by atoms with Gasteiger partial charge in [-0.15, -0.1) is 0 Å². The molecule has 18 heavy (non-hydrogen) atoms. The van der Waals surface area contributed by atoms with Crippen molar-refractivity contribution in [3.05, 3.63) is 35.1 Å². The fourth-order valence-electron chi connectivity index (χ4n) is 2.06. The highest BCUT2D eigenvalue weighted by molar-refractivity contribution is 5.27. The zero-order valence-corrected chi connectivity index (χ0v) is 11.7. The molecule has 1 atom stereocenters. The number of benzene rings is 1. The molecule has 0 amide bonds. The molecule has 3 heteroatoms. The Morgan fingerprint density at radius 3 is 2.56 bits per heavy atom. The highest BCUT2D eigenvalue weighted by Gasteiger charge is 2.10. The first-order chi connectivity index (χ1) is 8.60. The van der Waals surface area contributed by atoms with Gasteiger partial charge in [0.05, 0.1) is 0 Å². The molecule has 0 aliphatic rings. The fraction of sp³-hybridized carbons (Fsp3) is 0.600. The van der Waals surface area contributed by atoms with E-state index in [9.17, 15) is 4.39 Å². The molecule has 1 aromatic rings. The van der Waals surface area contributed by atoms with Crippen molar-refractivity contribution < 1.29 is 4.39 Å². The van der Waals surface area contributed by atoms with Gasteiger partial charge in [0, 0.05) is 19.6 Å². The van der Waals surface area contributed by atoms with Crippen LogP contribution in [-0.4, -0.2) is 18.0 Å². The maximum Gasteiger partial charge on any atom is 0.123 e. The summed E-state index contributed by atoms with van der Waals surface area (Å²) in [6.07, 6.45) is 1.17. The normalized spacial score (nSPS) is 13.0. The van der Waals surface area contributed by atoms with Gasteiger partial charge in [0.25, 0.3) is 0 Å². The summed E-state index contributed by atoms with van der Waals surface area (Å²) in [6.45, 7) is 9.87. The van der Waals surface area contributed by atoms with Crippen molar-refractivity contribution >= 4 is 0 Å². The van der Waals surface area contributed by atoms with Gasteiger partial charge in [0.1, 0.15) is 5.82 Å². The number of nitrogens with two attached hydrogens (primary N) is 1. The van der Waals surface area contributed by atoms with E-state index in [2.05, 4.69) is 25.7 Å². The third-order valence-electron chi connectivity index (χ3n) is 3.50. The average Bonchev–Trinajstić information content (AvgIpc) is 2.38. The maximum atomic E-state index is 13.3. The first-order valence-corrected chi connectivity index (χ1v) is 6.80. The van der Waals surface area contributed by atoms with Gasteiger partial charge in [0.15, 0.2) is 0 Å². The van der Waals surface area contributed by atoms with E-state index in [4.69, 9.17) is 5.73 Å². The molecule has 0 aliphatic carbocycles. The fourth-order valence-corrected chi connectivity index (χ4v) is 2.06. The zero-order chi connectivity index (χ0) is 13.5. The molecule has 0 fully saturated rings. The summed E-state index contributed by atoms with van der Waals surface area (Å²) in [6, 6.07) is 4.89. The highest BCUT2D eigenvalue weighted by atomic mass is 19.1. The lowest BCUT2D eigenvalue weighted by atomic mass is 10.0. The molecule has 0 radical (unpaired) electrons. The van der Waals surface area contributed by atoms with Crippen LogP contribution in [0, 0.1) is 11.7 Å². The number of hydrogen-bond acceptors (Lipinski definition) is 2. The lowest BCUT2D eigenvalue weighted by molar-refractivity contribution is 0.237. The molecular weight excluding hydrogens is 227 g/mol. The van der Waals surface area contributed by atoms with Gasteiger partial charge >= 0.3 is 0 Å². The van der Waals surface area contributed by atoms with E-state index in [1.807, 2.05) is 0 Å². The number of halogens is 1. The van der Waals surface area contributed by atoms with E-state index < -0.39 is 0 Å². The van der Waals surface area contributed by atoms with Gasteiger partial charge in [0.2, 0.25) is 0 Å². The molecule has 2 nitrogen and oxygen atoms in total. The summed E-state index contributed by atoms with van der Waals surface area (Å²) in [7, 11) is 0. The predicted octanol–water partition coefficient (Wildman–Crippen LogP) is 3.15. The van der Waals surface area contributed by atoms with Crippen LogP contribution < -0.4 is 5.73 Å². The molecule has 0 saturated heterocycles. The number of nitrogens with zero attached hydrogens (tertiary/aromatic N) is 1. The van der Waals surface area contributed by atoms with Crippen molar-refractivity contribution in [3.8, 4) is 0 Å². The second-order valence-corrected chi connectivity index (χ2v) is 4.96. The Hall–Kier alpha value is -0.930. The predicted molar refractivity (Wildman–Crippen MR) is 74.7 cm³/mol. The van der Waals surface area contributed by atoms with E-state index >= 15 is 0 Å². The van der Waals surface area contributed by atoms with E-state index in [1.54, 1.807) is 12.1 Å². The van der Waals surface area contributed by atoms with Crippen LogP contribution in [0.3, 0.4) is 0 Å². The van der Waals surface area contributed by atoms with Crippen molar-refractivity contribution in [2.24, 2.45) is 11.7 Å². The molecule has 102 valence electrons. The quantitative estimate of drug-likeness (QED) is 0.807. The minimum atomic E-state index is -0.179. The second kappa shape index (κ2) is 7.49. The van der Waals surface area contributed by atoms with Crippen LogP contribution in [0.2, 0.25) is 0 Å². The van der Waals surface area contributed by atoms with E-state index in [0.717, 1.165) is 30.8 Å². The highest BCUT2D eigenvalue weighted by Crippen LogP contribution is 2.15. The van der Waals surface area contributed by atoms with Gasteiger partial charge in [-0.05, 0) is 35.7 Å². The van der Waals surface area contributed by atoms with E-state index in [0.29, 0.717) is 12.5 Å². The third-order valence-corrected chi connectivity index (χ3v) is 3.50. The first-order valence-electron chi connectivity index (χ1n) is 6.80. The minimum absolute atomic E-state index is 0.179. The Bertz CT molecular complexity index is 366. The molecule has 0 bridgehead atoms. The summed E-state index contributed by atoms with van der Waals surface area (Å²) in [5, 5.41) is 0. The van der Waals surface area contributed by atoms with Gasteiger partial charge in [-0.3, -0.25) is 4.90 Å².